The lowest BCUT2D eigenvalue weighted by atomic mass is 9.79. The molecule has 150 valence electrons. The van der Waals surface area contributed by atoms with Gasteiger partial charge in [-0.1, -0.05) is 24.5 Å². The van der Waals surface area contributed by atoms with Crippen LogP contribution < -0.4 is 11.1 Å². The van der Waals surface area contributed by atoms with Crippen molar-refractivity contribution in [1.29, 1.82) is 0 Å². The first-order valence-corrected chi connectivity index (χ1v) is 11.2. The summed E-state index contributed by atoms with van der Waals surface area (Å²) < 4.78 is 1.84. The number of amides is 1. The SMILES string of the molecule is Cc1cc(SC2CCCCC2)ccc1NC(=O)C1CC(n2cc(CN)nn2)C1. The highest BCUT2D eigenvalue weighted by Crippen LogP contribution is 2.39. The molecule has 0 bridgehead atoms. The monoisotopic (exact) mass is 399 g/mol. The molecule has 0 saturated heterocycles. The van der Waals surface area contributed by atoms with E-state index in [9.17, 15) is 4.79 Å². The largest absolute Gasteiger partial charge is 0.326 e. The van der Waals surface area contributed by atoms with E-state index in [-0.39, 0.29) is 17.9 Å². The molecule has 2 saturated carbocycles. The van der Waals surface area contributed by atoms with E-state index in [1.165, 1.54) is 37.0 Å². The second-order valence-electron chi connectivity index (χ2n) is 8.06. The van der Waals surface area contributed by atoms with Gasteiger partial charge in [0.15, 0.2) is 0 Å². The third-order valence-corrected chi connectivity index (χ3v) is 7.27. The third-order valence-electron chi connectivity index (χ3n) is 5.94. The first-order chi connectivity index (χ1) is 13.6. The van der Waals surface area contributed by atoms with Gasteiger partial charge in [-0.15, -0.1) is 16.9 Å². The van der Waals surface area contributed by atoms with Crippen molar-refractivity contribution < 1.29 is 4.79 Å². The number of anilines is 1. The van der Waals surface area contributed by atoms with Crippen molar-refractivity contribution in [3.05, 3.63) is 35.7 Å². The number of nitrogens with two attached hydrogens (primary N) is 1. The Bertz CT molecular complexity index is 824. The van der Waals surface area contributed by atoms with Crippen LogP contribution in [0.2, 0.25) is 0 Å². The van der Waals surface area contributed by atoms with Crippen LogP contribution >= 0.6 is 11.8 Å². The molecule has 3 N–H and O–H groups in total. The fourth-order valence-corrected chi connectivity index (χ4v) is 5.41. The number of aryl methyl sites for hydroxylation is 1. The molecule has 2 fully saturated rings. The molecule has 2 aliphatic carbocycles. The Morgan fingerprint density at radius 2 is 2.07 bits per heavy atom. The maximum Gasteiger partial charge on any atom is 0.227 e. The van der Waals surface area contributed by atoms with Gasteiger partial charge in [0.1, 0.15) is 0 Å². The van der Waals surface area contributed by atoms with Gasteiger partial charge < -0.3 is 11.1 Å². The summed E-state index contributed by atoms with van der Waals surface area (Å²) in [5.74, 6) is 0.136. The van der Waals surface area contributed by atoms with Crippen LogP contribution in [0.5, 0.6) is 0 Å². The predicted octanol–water partition coefficient (Wildman–Crippen LogP) is 4.06. The number of carbonyl (C=O) groups excluding carboxylic acids is 1. The van der Waals surface area contributed by atoms with Gasteiger partial charge in [0, 0.05) is 28.3 Å². The summed E-state index contributed by atoms with van der Waals surface area (Å²) in [6, 6.07) is 6.66. The van der Waals surface area contributed by atoms with Gasteiger partial charge in [-0.25, -0.2) is 4.68 Å². The summed E-state index contributed by atoms with van der Waals surface area (Å²) >= 11 is 1.99. The quantitative estimate of drug-likeness (QED) is 0.765. The lowest BCUT2D eigenvalue weighted by Crippen LogP contribution is -2.36. The molecule has 0 atom stereocenters. The predicted molar refractivity (Wildman–Crippen MR) is 112 cm³/mol. The molecule has 1 amide bonds. The second kappa shape index (κ2) is 8.66. The van der Waals surface area contributed by atoms with Crippen molar-refractivity contribution in [3.8, 4) is 0 Å². The average Bonchev–Trinajstić information content (AvgIpc) is 3.12. The van der Waals surface area contributed by atoms with Crippen molar-refractivity contribution in [1.82, 2.24) is 15.0 Å². The minimum Gasteiger partial charge on any atom is -0.326 e. The number of thioether (sulfide) groups is 1. The van der Waals surface area contributed by atoms with Crippen molar-refractivity contribution in [2.45, 2.75) is 74.6 Å². The van der Waals surface area contributed by atoms with Gasteiger partial charge in [0.2, 0.25) is 5.91 Å². The van der Waals surface area contributed by atoms with Gasteiger partial charge in [-0.05, 0) is 56.4 Å². The van der Waals surface area contributed by atoms with E-state index >= 15 is 0 Å². The van der Waals surface area contributed by atoms with Crippen molar-refractivity contribution >= 4 is 23.4 Å². The average molecular weight is 400 g/mol. The summed E-state index contributed by atoms with van der Waals surface area (Å²) in [5, 5.41) is 12.0. The normalized spacial score (nSPS) is 22.6. The molecular weight excluding hydrogens is 370 g/mol. The molecule has 2 aliphatic rings. The second-order valence-corrected chi connectivity index (χ2v) is 9.43. The Morgan fingerprint density at radius 3 is 2.75 bits per heavy atom. The van der Waals surface area contributed by atoms with Gasteiger partial charge in [0.05, 0.1) is 17.9 Å². The van der Waals surface area contributed by atoms with Crippen molar-refractivity contribution in [3.63, 3.8) is 0 Å². The van der Waals surface area contributed by atoms with Gasteiger partial charge in [-0.3, -0.25) is 4.79 Å². The molecule has 7 heteroatoms. The zero-order valence-corrected chi connectivity index (χ0v) is 17.3. The number of nitrogens with zero attached hydrogens (tertiary/aromatic N) is 3. The molecule has 6 nitrogen and oxygen atoms in total. The Kier molecular flexibility index (Phi) is 6.01. The Morgan fingerprint density at radius 1 is 1.29 bits per heavy atom. The number of nitrogens with one attached hydrogen (secondary N) is 1. The van der Waals surface area contributed by atoms with Crippen LogP contribution in [-0.2, 0) is 11.3 Å². The number of rotatable bonds is 6. The number of benzene rings is 1. The zero-order chi connectivity index (χ0) is 19.5. The molecular formula is C21H29N5OS. The summed E-state index contributed by atoms with van der Waals surface area (Å²) in [7, 11) is 0. The molecule has 2 aromatic rings. The van der Waals surface area contributed by atoms with E-state index in [0.717, 1.165) is 35.0 Å². The molecule has 1 aromatic heterocycles. The van der Waals surface area contributed by atoms with Crippen LogP contribution in [0.4, 0.5) is 5.69 Å². The van der Waals surface area contributed by atoms with Gasteiger partial charge in [-0.2, -0.15) is 0 Å². The van der Waals surface area contributed by atoms with E-state index in [1.54, 1.807) is 0 Å². The maximum absolute atomic E-state index is 12.6. The standard InChI is InChI=1S/C21H29N5OS/c1-14-9-19(28-18-5-3-2-4-6-18)7-8-20(14)23-21(27)15-10-17(11-15)26-13-16(12-22)24-25-26/h7-9,13,15,17-18H,2-6,10-12,22H2,1H3,(H,23,27). The van der Waals surface area contributed by atoms with Gasteiger partial charge >= 0.3 is 0 Å². The topological polar surface area (TPSA) is 85.8 Å². The van der Waals surface area contributed by atoms with Crippen LogP contribution in [0.25, 0.3) is 0 Å². The lowest BCUT2D eigenvalue weighted by Gasteiger charge is -2.34. The van der Waals surface area contributed by atoms with Crippen LogP contribution in [0, 0.1) is 12.8 Å². The zero-order valence-electron chi connectivity index (χ0n) is 16.4. The van der Waals surface area contributed by atoms with Crippen LogP contribution in [0.15, 0.2) is 29.3 Å². The highest BCUT2D eigenvalue weighted by Gasteiger charge is 2.36. The van der Waals surface area contributed by atoms with Crippen LogP contribution in [-0.4, -0.2) is 26.2 Å². The van der Waals surface area contributed by atoms with Crippen molar-refractivity contribution in [2.75, 3.05) is 5.32 Å². The third kappa shape index (κ3) is 4.41. The minimum atomic E-state index is 0.0335. The Hall–Kier alpha value is -1.86. The van der Waals surface area contributed by atoms with E-state index in [1.807, 2.05) is 22.6 Å². The van der Waals surface area contributed by atoms with Crippen molar-refractivity contribution in [2.24, 2.45) is 11.7 Å². The van der Waals surface area contributed by atoms with Gasteiger partial charge in [0.25, 0.3) is 0 Å². The van der Waals surface area contributed by atoms with E-state index in [0.29, 0.717) is 6.54 Å². The van der Waals surface area contributed by atoms with Crippen LogP contribution in [0.1, 0.15) is 62.2 Å². The molecule has 0 unspecified atom stereocenters. The number of carbonyl (C=O) groups is 1. The van der Waals surface area contributed by atoms with E-state index < -0.39 is 0 Å². The van der Waals surface area contributed by atoms with E-state index in [4.69, 9.17) is 5.73 Å². The van der Waals surface area contributed by atoms with E-state index in [2.05, 4.69) is 40.8 Å². The summed E-state index contributed by atoms with van der Waals surface area (Å²) in [6.07, 6.45) is 10.2. The Labute approximate surface area is 170 Å². The van der Waals surface area contributed by atoms with Crippen LogP contribution in [0.3, 0.4) is 0 Å². The molecule has 0 spiro atoms. The highest BCUT2D eigenvalue weighted by molar-refractivity contribution is 8.00. The fraction of sp³-hybridized carbons (Fsp3) is 0.571. The smallest absolute Gasteiger partial charge is 0.227 e. The number of hydrogen-bond donors (Lipinski definition) is 2. The molecule has 4 rings (SSSR count). The molecule has 1 aromatic carbocycles. The molecule has 28 heavy (non-hydrogen) atoms. The number of aromatic nitrogens is 3. The first-order valence-electron chi connectivity index (χ1n) is 10.3. The molecule has 0 radical (unpaired) electrons. The molecule has 1 heterocycles. The first kappa shape index (κ1) is 19.5. The lowest BCUT2D eigenvalue weighted by molar-refractivity contribution is -0.123. The molecule has 0 aliphatic heterocycles. The highest BCUT2D eigenvalue weighted by atomic mass is 32.2. The Balaban J connectivity index is 1.29. The summed E-state index contributed by atoms with van der Waals surface area (Å²) in [5.41, 5.74) is 8.42. The summed E-state index contributed by atoms with van der Waals surface area (Å²) in [4.78, 5) is 13.9. The minimum absolute atomic E-state index is 0.0335. The number of hydrogen-bond acceptors (Lipinski definition) is 5. The summed E-state index contributed by atoms with van der Waals surface area (Å²) in [6.45, 7) is 2.47. The maximum atomic E-state index is 12.6. The fourth-order valence-electron chi connectivity index (χ4n) is 4.06.